The van der Waals surface area contributed by atoms with Crippen LogP contribution in [0.4, 0.5) is 0 Å². The Bertz CT molecular complexity index is 454. The van der Waals surface area contributed by atoms with Gasteiger partial charge in [-0.3, -0.25) is 15.0 Å². The van der Waals surface area contributed by atoms with Gasteiger partial charge in [-0.05, 0) is 23.3 Å². The molecule has 0 bridgehead atoms. The zero-order valence-corrected chi connectivity index (χ0v) is 10.1. The maximum Gasteiger partial charge on any atom is 0.0585 e. The number of pyridine rings is 1. The molecule has 2 rings (SSSR count). The van der Waals surface area contributed by atoms with E-state index in [1.807, 2.05) is 54.9 Å². The molecule has 0 saturated carbocycles. The Morgan fingerprint density at radius 3 is 1.94 bits per heavy atom. The lowest BCUT2D eigenvalue weighted by Crippen LogP contribution is -1.90. The lowest BCUT2D eigenvalue weighted by atomic mass is 10.2. The normalized spacial score (nSPS) is 11.3. The molecule has 1 aromatic carbocycles. The third kappa shape index (κ3) is 4.29. The monoisotopic (exact) mass is 237 g/mol. The smallest absolute Gasteiger partial charge is 0.0585 e. The molecule has 1 aromatic heterocycles. The van der Waals surface area contributed by atoms with Crippen molar-refractivity contribution >= 4 is 12.4 Å². The SMILES string of the molecule is C(=NCCN=Cc1ccncc1)c1ccccc1. The van der Waals surface area contributed by atoms with E-state index in [4.69, 9.17) is 0 Å². The molecule has 0 radical (unpaired) electrons. The number of rotatable bonds is 5. The van der Waals surface area contributed by atoms with Gasteiger partial charge in [0.05, 0.1) is 13.1 Å². The summed E-state index contributed by atoms with van der Waals surface area (Å²) in [5, 5.41) is 0. The molecule has 3 heteroatoms. The van der Waals surface area contributed by atoms with Crippen molar-refractivity contribution in [2.75, 3.05) is 13.1 Å². The molecule has 2 aromatic rings. The molecule has 0 atom stereocenters. The number of benzene rings is 1. The Hall–Kier alpha value is -2.29. The Kier molecular flexibility index (Phi) is 4.81. The molecule has 0 unspecified atom stereocenters. The van der Waals surface area contributed by atoms with Crippen LogP contribution in [0.1, 0.15) is 11.1 Å². The lowest BCUT2D eigenvalue weighted by molar-refractivity contribution is 0.985. The summed E-state index contributed by atoms with van der Waals surface area (Å²) in [6, 6.07) is 13.9. The van der Waals surface area contributed by atoms with Gasteiger partial charge in [-0.2, -0.15) is 0 Å². The van der Waals surface area contributed by atoms with Crippen molar-refractivity contribution in [2.24, 2.45) is 9.98 Å². The summed E-state index contributed by atoms with van der Waals surface area (Å²) in [6.45, 7) is 1.40. The van der Waals surface area contributed by atoms with Crippen LogP contribution in [0, 0.1) is 0 Å². The van der Waals surface area contributed by atoms with Crippen LogP contribution in [0.15, 0.2) is 64.8 Å². The Balaban J connectivity index is 1.73. The van der Waals surface area contributed by atoms with E-state index >= 15 is 0 Å². The van der Waals surface area contributed by atoms with Gasteiger partial charge in [0.1, 0.15) is 0 Å². The van der Waals surface area contributed by atoms with Gasteiger partial charge in [0.15, 0.2) is 0 Å². The van der Waals surface area contributed by atoms with Crippen LogP contribution < -0.4 is 0 Å². The summed E-state index contributed by atoms with van der Waals surface area (Å²) in [4.78, 5) is 12.6. The minimum atomic E-state index is 0.700. The summed E-state index contributed by atoms with van der Waals surface area (Å²) < 4.78 is 0. The quantitative estimate of drug-likeness (QED) is 0.582. The average Bonchev–Trinajstić information content (AvgIpc) is 2.45. The minimum absolute atomic E-state index is 0.700. The van der Waals surface area contributed by atoms with E-state index in [-0.39, 0.29) is 0 Å². The van der Waals surface area contributed by atoms with Gasteiger partial charge in [0.25, 0.3) is 0 Å². The highest BCUT2D eigenvalue weighted by Gasteiger charge is 1.85. The van der Waals surface area contributed by atoms with Crippen molar-refractivity contribution in [3.63, 3.8) is 0 Å². The molecule has 18 heavy (non-hydrogen) atoms. The third-order valence-corrected chi connectivity index (χ3v) is 2.34. The summed E-state index contributed by atoms with van der Waals surface area (Å²) in [5.41, 5.74) is 2.19. The third-order valence-electron chi connectivity index (χ3n) is 2.34. The van der Waals surface area contributed by atoms with Crippen LogP contribution in [-0.2, 0) is 0 Å². The van der Waals surface area contributed by atoms with Crippen molar-refractivity contribution in [3.05, 3.63) is 66.0 Å². The number of nitrogens with zero attached hydrogens (tertiary/aromatic N) is 3. The first-order chi connectivity index (χ1) is 8.95. The van der Waals surface area contributed by atoms with Crippen LogP contribution >= 0.6 is 0 Å². The van der Waals surface area contributed by atoms with Crippen molar-refractivity contribution in [3.8, 4) is 0 Å². The van der Waals surface area contributed by atoms with Gasteiger partial charge in [0.2, 0.25) is 0 Å². The highest BCUT2D eigenvalue weighted by molar-refractivity contribution is 5.80. The maximum atomic E-state index is 4.32. The lowest BCUT2D eigenvalue weighted by Gasteiger charge is -1.92. The van der Waals surface area contributed by atoms with Gasteiger partial charge < -0.3 is 0 Å². The Morgan fingerprint density at radius 1 is 0.778 bits per heavy atom. The largest absolute Gasteiger partial charge is 0.291 e. The molecule has 1 heterocycles. The second-order valence-corrected chi connectivity index (χ2v) is 3.76. The van der Waals surface area contributed by atoms with E-state index in [9.17, 15) is 0 Å². The Morgan fingerprint density at radius 2 is 1.33 bits per heavy atom. The molecule has 0 saturated heterocycles. The predicted molar refractivity (Wildman–Crippen MR) is 75.6 cm³/mol. The summed E-state index contributed by atoms with van der Waals surface area (Å²) >= 11 is 0. The molecule has 3 nitrogen and oxygen atoms in total. The fourth-order valence-electron chi connectivity index (χ4n) is 1.44. The number of aliphatic imine (C=N–C) groups is 2. The highest BCUT2D eigenvalue weighted by Crippen LogP contribution is 1.94. The Labute approximate surface area is 107 Å². The van der Waals surface area contributed by atoms with Gasteiger partial charge >= 0.3 is 0 Å². The van der Waals surface area contributed by atoms with E-state index in [0.29, 0.717) is 13.1 Å². The first-order valence-electron chi connectivity index (χ1n) is 5.90. The number of aromatic nitrogens is 1. The molecule has 0 spiro atoms. The first-order valence-corrected chi connectivity index (χ1v) is 5.90. The highest BCUT2D eigenvalue weighted by atomic mass is 14.8. The van der Waals surface area contributed by atoms with Gasteiger partial charge in [-0.15, -0.1) is 0 Å². The standard InChI is InChI=1S/C15H15N3/c1-2-4-14(5-3-1)12-17-10-11-18-13-15-6-8-16-9-7-15/h1-9,12-13H,10-11H2. The molecule has 90 valence electrons. The zero-order valence-electron chi connectivity index (χ0n) is 10.1. The molecule has 0 amide bonds. The predicted octanol–water partition coefficient (Wildman–Crippen LogP) is 2.62. The molecular weight excluding hydrogens is 222 g/mol. The van der Waals surface area contributed by atoms with Crippen molar-refractivity contribution in [1.82, 2.24) is 4.98 Å². The van der Waals surface area contributed by atoms with Gasteiger partial charge in [0, 0.05) is 24.8 Å². The van der Waals surface area contributed by atoms with Crippen LogP contribution in [0.3, 0.4) is 0 Å². The maximum absolute atomic E-state index is 4.32. The molecule has 0 aliphatic rings. The number of hydrogen-bond donors (Lipinski definition) is 0. The topological polar surface area (TPSA) is 37.6 Å². The number of hydrogen-bond acceptors (Lipinski definition) is 3. The van der Waals surface area contributed by atoms with E-state index in [1.165, 1.54) is 0 Å². The summed E-state index contributed by atoms with van der Waals surface area (Å²) in [7, 11) is 0. The van der Waals surface area contributed by atoms with E-state index < -0.39 is 0 Å². The van der Waals surface area contributed by atoms with Crippen LogP contribution in [-0.4, -0.2) is 30.5 Å². The zero-order chi connectivity index (χ0) is 12.5. The molecule has 0 fully saturated rings. The van der Waals surface area contributed by atoms with Gasteiger partial charge in [-0.1, -0.05) is 30.3 Å². The van der Waals surface area contributed by atoms with Gasteiger partial charge in [-0.25, -0.2) is 0 Å². The second-order valence-electron chi connectivity index (χ2n) is 3.76. The van der Waals surface area contributed by atoms with E-state index in [1.54, 1.807) is 12.4 Å². The fraction of sp³-hybridized carbons (Fsp3) is 0.133. The van der Waals surface area contributed by atoms with Crippen LogP contribution in [0.2, 0.25) is 0 Å². The van der Waals surface area contributed by atoms with E-state index in [2.05, 4.69) is 15.0 Å². The molecule has 0 aliphatic heterocycles. The van der Waals surface area contributed by atoms with Crippen molar-refractivity contribution in [2.45, 2.75) is 0 Å². The van der Waals surface area contributed by atoms with E-state index in [0.717, 1.165) is 11.1 Å². The van der Waals surface area contributed by atoms with Crippen LogP contribution in [0.5, 0.6) is 0 Å². The minimum Gasteiger partial charge on any atom is -0.291 e. The molecule has 0 aliphatic carbocycles. The van der Waals surface area contributed by atoms with Crippen molar-refractivity contribution in [1.29, 1.82) is 0 Å². The summed E-state index contributed by atoms with van der Waals surface area (Å²) in [6.07, 6.45) is 7.24. The average molecular weight is 237 g/mol. The molecule has 0 N–H and O–H groups in total. The fourth-order valence-corrected chi connectivity index (χ4v) is 1.44. The van der Waals surface area contributed by atoms with Crippen molar-refractivity contribution < 1.29 is 0 Å². The second kappa shape index (κ2) is 7.12. The summed E-state index contributed by atoms with van der Waals surface area (Å²) in [5.74, 6) is 0. The first kappa shape index (κ1) is 12.2. The van der Waals surface area contributed by atoms with Crippen LogP contribution in [0.25, 0.3) is 0 Å². The molecular formula is C15H15N3.